The molecule has 6 nitrogen and oxygen atoms in total. The van der Waals surface area contributed by atoms with Gasteiger partial charge >= 0.3 is 6.18 Å². The predicted octanol–water partition coefficient (Wildman–Crippen LogP) is 4.67. The maximum absolute atomic E-state index is 13.4. The van der Waals surface area contributed by atoms with Gasteiger partial charge in [0.15, 0.2) is 0 Å². The van der Waals surface area contributed by atoms with Crippen molar-refractivity contribution in [2.45, 2.75) is 24.9 Å². The van der Waals surface area contributed by atoms with Crippen molar-refractivity contribution in [2.24, 2.45) is 5.10 Å². The van der Waals surface area contributed by atoms with Crippen molar-refractivity contribution in [3.63, 3.8) is 0 Å². The zero-order valence-corrected chi connectivity index (χ0v) is 19.2. The third-order valence-electron chi connectivity index (χ3n) is 5.08. The van der Waals surface area contributed by atoms with Crippen LogP contribution in [-0.2, 0) is 21.0 Å². The molecule has 10 heteroatoms. The standard InChI is InChI=1S/C24H22F3N3O3S/c1-17-8-6-13-22(18(17)2)30(34(32,33)21-11-4-3-5-12-21)16-23(31)29-28-15-19-9-7-10-20(14-19)24(25,26)27/h3-15H,16H2,1-2H3,(H,29,31)/b28-15-. The Balaban J connectivity index is 1.85. The van der Waals surface area contributed by atoms with E-state index in [0.29, 0.717) is 11.3 Å². The summed E-state index contributed by atoms with van der Waals surface area (Å²) in [6.07, 6.45) is -3.45. The maximum Gasteiger partial charge on any atom is 0.416 e. The van der Waals surface area contributed by atoms with Crippen molar-refractivity contribution in [1.29, 1.82) is 0 Å². The molecule has 3 aromatic rings. The molecule has 0 bridgehead atoms. The van der Waals surface area contributed by atoms with Crippen LogP contribution in [0.15, 0.2) is 82.8 Å². The lowest BCUT2D eigenvalue weighted by atomic mass is 10.1. The SMILES string of the molecule is Cc1cccc(N(CC(=O)N/N=C\c2cccc(C(F)(F)F)c2)S(=O)(=O)c2ccccc2)c1C. The number of aryl methyl sites for hydroxylation is 1. The fraction of sp³-hybridized carbons (Fsp3) is 0.167. The number of rotatable bonds is 7. The van der Waals surface area contributed by atoms with Gasteiger partial charge in [0, 0.05) is 0 Å². The molecule has 1 N–H and O–H groups in total. The van der Waals surface area contributed by atoms with Crippen LogP contribution in [0.2, 0.25) is 0 Å². The molecular formula is C24H22F3N3O3S. The fourth-order valence-corrected chi connectivity index (χ4v) is 4.66. The summed E-state index contributed by atoms with van der Waals surface area (Å²) in [5, 5.41) is 3.69. The molecule has 0 spiro atoms. The minimum atomic E-state index is -4.51. The largest absolute Gasteiger partial charge is 0.416 e. The van der Waals surface area contributed by atoms with Crippen molar-refractivity contribution in [3.8, 4) is 0 Å². The second kappa shape index (κ2) is 10.1. The number of nitrogens with one attached hydrogen (secondary N) is 1. The molecule has 0 radical (unpaired) electrons. The van der Waals surface area contributed by atoms with Crippen LogP contribution in [0, 0.1) is 13.8 Å². The third-order valence-corrected chi connectivity index (χ3v) is 6.85. The van der Waals surface area contributed by atoms with Gasteiger partial charge in [-0.15, -0.1) is 0 Å². The van der Waals surface area contributed by atoms with Crippen molar-refractivity contribution in [2.75, 3.05) is 10.8 Å². The third kappa shape index (κ3) is 5.82. The summed E-state index contributed by atoms with van der Waals surface area (Å²) < 4.78 is 66.3. The predicted molar refractivity (Wildman–Crippen MR) is 124 cm³/mol. The summed E-state index contributed by atoms with van der Waals surface area (Å²) in [6, 6.07) is 17.2. The van der Waals surface area contributed by atoms with E-state index in [2.05, 4.69) is 10.5 Å². The van der Waals surface area contributed by atoms with Gasteiger partial charge in [-0.2, -0.15) is 18.3 Å². The first kappa shape index (κ1) is 25.0. The van der Waals surface area contributed by atoms with Gasteiger partial charge in [0.05, 0.1) is 22.4 Å². The Morgan fingerprint density at radius 3 is 2.35 bits per heavy atom. The van der Waals surface area contributed by atoms with E-state index in [1.165, 1.54) is 24.3 Å². The number of carbonyl (C=O) groups is 1. The summed E-state index contributed by atoms with van der Waals surface area (Å²) in [5.41, 5.74) is 3.32. The zero-order valence-electron chi connectivity index (χ0n) is 18.4. The van der Waals surface area contributed by atoms with E-state index in [4.69, 9.17) is 0 Å². The van der Waals surface area contributed by atoms with Gasteiger partial charge in [-0.05, 0) is 60.9 Å². The smallest absolute Gasteiger partial charge is 0.271 e. The quantitative estimate of drug-likeness (QED) is 0.387. The number of hydrazone groups is 1. The number of nitrogens with zero attached hydrogens (tertiary/aromatic N) is 2. The number of alkyl halides is 3. The highest BCUT2D eigenvalue weighted by Crippen LogP contribution is 2.30. The van der Waals surface area contributed by atoms with E-state index in [9.17, 15) is 26.4 Å². The second-order valence-corrected chi connectivity index (χ2v) is 9.32. The fourth-order valence-electron chi connectivity index (χ4n) is 3.17. The van der Waals surface area contributed by atoms with Crippen LogP contribution in [-0.4, -0.2) is 27.1 Å². The molecule has 3 rings (SSSR count). The number of amides is 1. The molecule has 0 atom stereocenters. The van der Waals surface area contributed by atoms with Crippen LogP contribution < -0.4 is 9.73 Å². The van der Waals surface area contributed by atoms with Crippen LogP contribution in [0.5, 0.6) is 0 Å². The van der Waals surface area contributed by atoms with E-state index in [1.54, 1.807) is 37.3 Å². The highest BCUT2D eigenvalue weighted by molar-refractivity contribution is 7.92. The van der Waals surface area contributed by atoms with Gasteiger partial charge in [0.25, 0.3) is 15.9 Å². The Morgan fingerprint density at radius 2 is 1.68 bits per heavy atom. The van der Waals surface area contributed by atoms with Gasteiger partial charge in [-0.1, -0.05) is 42.5 Å². The zero-order chi connectivity index (χ0) is 24.9. The average molecular weight is 490 g/mol. The number of sulfonamides is 1. The molecule has 0 aromatic heterocycles. The molecule has 0 aliphatic carbocycles. The molecule has 3 aromatic carbocycles. The van der Waals surface area contributed by atoms with Crippen molar-refractivity contribution in [1.82, 2.24) is 5.43 Å². The molecule has 0 saturated heterocycles. The lowest BCUT2D eigenvalue weighted by Gasteiger charge is -2.26. The molecule has 0 fully saturated rings. The van der Waals surface area contributed by atoms with E-state index in [-0.39, 0.29) is 10.5 Å². The minimum absolute atomic E-state index is 0.0103. The van der Waals surface area contributed by atoms with Crippen molar-refractivity contribution < 1.29 is 26.4 Å². The Hall–Kier alpha value is -3.66. The first-order valence-electron chi connectivity index (χ1n) is 10.1. The molecular weight excluding hydrogens is 467 g/mol. The lowest BCUT2D eigenvalue weighted by molar-refractivity contribution is -0.137. The minimum Gasteiger partial charge on any atom is -0.271 e. The number of hydrogen-bond donors (Lipinski definition) is 1. The Labute approximate surface area is 195 Å². The van der Waals surface area contributed by atoms with Crippen LogP contribution in [0.4, 0.5) is 18.9 Å². The van der Waals surface area contributed by atoms with Crippen LogP contribution >= 0.6 is 0 Å². The highest BCUT2D eigenvalue weighted by atomic mass is 32.2. The lowest BCUT2D eigenvalue weighted by Crippen LogP contribution is -2.40. The maximum atomic E-state index is 13.4. The first-order valence-corrected chi connectivity index (χ1v) is 11.6. The molecule has 178 valence electrons. The summed E-state index contributed by atoms with van der Waals surface area (Å²) in [7, 11) is -4.09. The monoisotopic (exact) mass is 489 g/mol. The van der Waals surface area contributed by atoms with Gasteiger partial charge < -0.3 is 0 Å². The summed E-state index contributed by atoms with van der Waals surface area (Å²) >= 11 is 0. The van der Waals surface area contributed by atoms with E-state index < -0.39 is 34.2 Å². The molecule has 34 heavy (non-hydrogen) atoms. The summed E-state index contributed by atoms with van der Waals surface area (Å²) in [6.45, 7) is 2.99. The van der Waals surface area contributed by atoms with Crippen molar-refractivity contribution >= 4 is 27.8 Å². The molecule has 1 amide bonds. The van der Waals surface area contributed by atoms with Crippen LogP contribution in [0.25, 0.3) is 0 Å². The highest BCUT2D eigenvalue weighted by Gasteiger charge is 2.30. The number of carbonyl (C=O) groups excluding carboxylic acids is 1. The van der Waals surface area contributed by atoms with E-state index in [0.717, 1.165) is 28.2 Å². The summed E-state index contributed by atoms with van der Waals surface area (Å²) in [4.78, 5) is 12.6. The van der Waals surface area contributed by atoms with Gasteiger partial charge in [0.2, 0.25) is 0 Å². The van der Waals surface area contributed by atoms with Gasteiger partial charge in [0.1, 0.15) is 6.54 Å². The van der Waals surface area contributed by atoms with E-state index in [1.807, 2.05) is 13.0 Å². The van der Waals surface area contributed by atoms with Gasteiger partial charge in [-0.3, -0.25) is 9.10 Å². The number of benzene rings is 3. The Bertz CT molecular complexity index is 1310. The number of hydrogen-bond acceptors (Lipinski definition) is 4. The molecule has 0 aliphatic heterocycles. The van der Waals surface area contributed by atoms with Crippen LogP contribution in [0.1, 0.15) is 22.3 Å². The van der Waals surface area contributed by atoms with Gasteiger partial charge in [-0.25, -0.2) is 13.8 Å². The molecule has 0 heterocycles. The second-order valence-electron chi connectivity index (χ2n) is 7.46. The Kier molecular flexibility index (Phi) is 7.41. The van der Waals surface area contributed by atoms with E-state index >= 15 is 0 Å². The average Bonchev–Trinajstić information content (AvgIpc) is 2.80. The van der Waals surface area contributed by atoms with Crippen LogP contribution in [0.3, 0.4) is 0 Å². The summed E-state index contributed by atoms with van der Waals surface area (Å²) in [5.74, 6) is -0.761. The normalized spacial score (nSPS) is 12.0. The Morgan fingerprint density at radius 1 is 1.00 bits per heavy atom. The first-order chi connectivity index (χ1) is 16.0. The number of halogens is 3. The molecule has 0 unspecified atom stereocenters. The topological polar surface area (TPSA) is 78.8 Å². The molecule has 0 aliphatic rings. The molecule has 0 saturated carbocycles. The number of anilines is 1. The van der Waals surface area contributed by atoms with Crippen molar-refractivity contribution in [3.05, 3.63) is 95.1 Å².